The van der Waals surface area contributed by atoms with E-state index in [-0.39, 0.29) is 17.1 Å². The fraction of sp³-hybridized carbons (Fsp3) is 0.375. The fourth-order valence-corrected chi connectivity index (χ4v) is 2.95. The molecule has 0 unspecified atom stereocenters. The molecule has 156 valence electrons. The van der Waals surface area contributed by atoms with Crippen LogP contribution in [0.4, 0.5) is 21.5 Å². The summed E-state index contributed by atoms with van der Waals surface area (Å²) in [7, 11) is 0. The summed E-state index contributed by atoms with van der Waals surface area (Å²) in [6.07, 6.45) is 3.92. The molecule has 4 N–H and O–H groups in total. The Labute approximate surface area is 173 Å². The van der Waals surface area contributed by atoms with Crippen molar-refractivity contribution in [1.29, 1.82) is 0 Å². The summed E-state index contributed by atoms with van der Waals surface area (Å²) in [6.45, 7) is 10.6. The number of nitrogen functional groups attached to an aromatic ring is 1. The number of benzene rings is 2. The van der Waals surface area contributed by atoms with E-state index in [9.17, 15) is 9.18 Å². The van der Waals surface area contributed by atoms with Crippen molar-refractivity contribution in [3.8, 4) is 0 Å². The quantitative estimate of drug-likeness (QED) is 0.347. The largest absolute Gasteiger partial charge is 0.397 e. The van der Waals surface area contributed by atoms with Gasteiger partial charge in [-0.1, -0.05) is 39.8 Å². The van der Waals surface area contributed by atoms with Crippen molar-refractivity contribution in [2.45, 2.75) is 58.3 Å². The van der Waals surface area contributed by atoms with Gasteiger partial charge in [0.15, 0.2) is 0 Å². The van der Waals surface area contributed by atoms with E-state index in [0.717, 1.165) is 42.8 Å². The number of allylic oxidation sites excluding steroid dienone is 1. The molecule has 0 atom stereocenters. The number of unbranched alkanes of at least 4 members (excludes halogenated alkanes) is 2. The Kier molecular flexibility index (Phi) is 7.82. The molecule has 0 saturated heterocycles. The van der Waals surface area contributed by atoms with E-state index in [4.69, 9.17) is 5.73 Å². The number of nitrogens with two attached hydrogens (primary N) is 1. The lowest BCUT2D eigenvalue weighted by molar-refractivity contribution is -0.116. The lowest BCUT2D eigenvalue weighted by Crippen LogP contribution is -2.12. The van der Waals surface area contributed by atoms with Gasteiger partial charge in [0.25, 0.3) is 0 Å². The van der Waals surface area contributed by atoms with E-state index in [1.54, 1.807) is 12.1 Å². The number of rotatable bonds is 9. The second-order valence-corrected chi connectivity index (χ2v) is 8.40. The van der Waals surface area contributed by atoms with Crippen molar-refractivity contribution in [3.05, 3.63) is 66.1 Å². The molecule has 1 amide bonds. The average molecular weight is 398 g/mol. The number of anilines is 3. The van der Waals surface area contributed by atoms with Gasteiger partial charge in [-0.3, -0.25) is 4.79 Å². The van der Waals surface area contributed by atoms with Crippen LogP contribution in [-0.4, -0.2) is 5.91 Å². The van der Waals surface area contributed by atoms with Crippen LogP contribution in [0.15, 0.2) is 54.7 Å². The molecular weight excluding hydrogens is 365 g/mol. The highest BCUT2D eigenvalue weighted by Gasteiger charge is 2.14. The Balaban J connectivity index is 1.67. The second kappa shape index (κ2) is 10.1. The zero-order valence-electron chi connectivity index (χ0n) is 17.6. The van der Waals surface area contributed by atoms with Crippen molar-refractivity contribution in [3.63, 3.8) is 0 Å². The van der Waals surface area contributed by atoms with E-state index in [0.29, 0.717) is 12.1 Å². The normalized spacial score (nSPS) is 11.2. The van der Waals surface area contributed by atoms with Crippen molar-refractivity contribution in [2.24, 2.45) is 0 Å². The molecule has 0 aromatic heterocycles. The number of hydrogen-bond acceptors (Lipinski definition) is 3. The molecule has 0 fully saturated rings. The fourth-order valence-electron chi connectivity index (χ4n) is 2.95. The van der Waals surface area contributed by atoms with Crippen LogP contribution in [-0.2, 0) is 10.2 Å². The van der Waals surface area contributed by atoms with Gasteiger partial charge in [-0.15, -0.1) is 0 Å². The van der Waals surface area contributed by atoms with Crippen LogP contribution in [0, 0.1) is 5.82 Å². The number of nitrogens with one attached hydrogen (secondary N) is 2. The molecule has 0 aliphatic rings. The third-order valence-corrected chi connectivity index (χ3v) is 4.74. The molecule has 0 spiro atoms. The number of halogens is 1. The molecule has 4 nitrogen and oxygen atoms in total. The predicted molar refractivity (Wildman–Crippen MR) is 120 cm³/mol. The third-order valence-electron chi connectivity index (χ3n) is 4.74. The van der Waals surface area contributed by atoms with Gasteiger partial charge in [-0.05, 0) is 66.6 Å². The van der Waals surface area contributed by atoms with Crippen LogP contribution in [0.2, 0.25) is 0 Å². The highest BCUT2D eigenvalue weighted by atomic mass is 19.1. The van der Waals surface area contributed by atoms with Gasteiger partial charge in [0.2, 0.25) is 5.91 Å². The van der Waals surface area contributed by atoms with Crippen LogP contribution in [0.25, 0.3) is 0 Å². The van der Waals surface area contributed by atoms with Crippen LogP contribution in [0.3, 0.4) is 0 Å². The van der Waals surface area contributed by atoms with E-state index in [1.165, 1.54) is 17.7 Å². The molecule has 5 heteroatoms. The lowest BCUT2D eigenvalue weighted by Gasteiger charge is -2.21. The topological polar surface area (TPSA) is 67.2 Å². The van der Waals surface area contributed by atoms with Crippen LogP contribution < -0.4 is 16.4 Å². The van der Waals surface area contributed by atoms with Gasteiger partial charge in [-0.25, -0.2) is 4.39 Å². The second-order valence-electron chi connectivity index (χ2n) is 8.40. The maximum absolute atomic E-state index is 12.9. The van der Waals surface area contributed by atoms with E-state index in [1.807, 2.05) is 12.1 Å². The summed E-state index contributed by atoms with van der Waals surface area (Å²) in [5.74, 6) is -0.371. The van der Waals surface area contributed by atoms with Gasteiger partial charge in [0.05, 0.1) is 11.4 Å². The van der Waals surface area contributed by atoms with Crippen molar-refractivity contribution in [2.75, 3.05) is 16.4 Å². The molecule has 0 aliphatic carbocycles. The molecule has 0 radical (unpaired) electrons. The van der Waals surface area contributed by atoms with Crippen LogP contribution in [0.5, 0.6) is 0 Å². The van der Waals surface area contributed by atoms with Gasteiger partial charge in [-0.2, -0.15) is 0 Å². The minimum absolute atomic E-state index is 0.0553. The molecule has 0 saturated carbocycles. The van der Waals surface area contributed by atoms with Gasteiger partial charge >= 0.3 is 0 Å². The smallest absolute Gasteiger partial charge is 0.224 e. The maximum atomic E-state index is 12.9. The van der Waals surface area contributed by atoms with E-state index >= 15 is 0 Å². The van der Waals surface area contributed by atoms with E-state index < -0.39 is 0 Å². The Morgan fingerprint density at radius 3 is 2.28 bits per heavy atom. The standard InChI is InChI=1S/C24H32FN3O/c1-17(27-22-15-10-18(16-21(22)26)24(2,3)4)8-6-5-7-9-23(29)28-20-13-11-19(25)12-14-20/h10-16,27H,1,5-9,26H2,2-4H3,(H,28,29). The molecule has 0 heterocycles. The predicted octanol–water partition coefficient (Wildman–Crippen LogP) is 6.22. The highest BCUT2D eigenvalue weighted by Crippen LogP contribution is 2.29. The minimum atomic E-state index is -0.316. The lowest BCUT2D eigenvalue weighted by atomic mass is 9.86. The SMILES string of the molecule is C=C(CCCCCC(=O)Nc1ccc(F)cc1)Nc1ccc(C(C)(C)C)cc1N. The van der Waals surface area contributed by atoms with Gasteiger partial charge in [0, 0.05) is 17.8 Å². The van der Waals surface area contributed by atoms with Crippen LogP contribution in [0.1, 0.15) is 58.4 Å². The molecular formula is C24H32FN3O. The average Bonchev–Trinajstić information content (AvgIpc) is 2.64. The number of carbonyl (C=O) groups is 1. The Bertz CT molecular complexity index is 838. The first kappa shape index (κ1) is 22.5. The van der Waals surface area contributed by atoms with Crippen molar-refractivity contribution >= 4 is 23.0 Å². The third kappa shape index (κ3) is 7.60. The highest BCUT2D eigenvalue weighted by molar-refractivity contribution is 5.90. The molecule has 0 aliphatic heterocycles. The summed E-state index contributed by atoms with van der Waals surface area (Å²) in [5.41, 5.74) is 10.6. The monoisotopic (exact) mass is 397 g/mol. The number of carbonyl (C=O) groups excluding carboxylic acids is 1. The van der Waals surface area contributed by atoms with Crippen molar-refractivity contribution in [1.82, 2.24) is 0 Å². The Morgan fingerprint density at radius 1 is 1.00 bits per heavy atom. The maximum Gasteiger partial charge on any atom is 0.224 e. The first-order chi connectivity index (χ1) is 13.6. The first-order valence-electron chi connectivity index (χ1n) is 10.1. The zero-order valence-corrected chi connectivity index (χ0v) is 17.6. The number of hydrogen-bond donors (Lipinski definition) is 3. The Morgan fingerprint density at radius 2 is 1.66 bits per heavy atom. The Hall–Kier alpha value is -2.82. The molecule has 2 aromatic rings. The summed E-state index contributed by atoms with van der Waals surface area (Å²) >= 11 is 0. The zero-order chi connectivity index (χ0) is 21.4. The van der Waals surface area contributed by atoms with Gasteiger partial charge in [0.1, 0.15) is 5.82 Å². The van der Waals surface area contributed by atoms with E-state index in [2.05, 4.69) is 44.1 Å². The van der Waals surface area contributed by atoms with Crippen LogP contribution >= 0.6 is 0 Å². The molecule has 29 heavy (non-hydrogen) atoms. The minimum Gasteiger partial charge on any atom is -0.397 e. The van der Waals surface area contributed by atoms with Crippen molar-refractivity contribution < 1.29 is 9.18 Å². The molecule has 2 aromatic carbocycles. The first-order valence-corrected chi connectivity index (χ1v) is 10.1. The molecule has 2 rings (SSSR count). The summed E-state index contributed by atoms with van der Waals surface area (Å²) < 4.78 is 12.9. The summed E-state index contributed by atoms with van der Waals surface area (Å²) in [6, 6.07) is 11.9. The number of amides is 1. The van der Waals surface area contributed by atoms with Gasteiger partial charge < -0.3 is 16.4 Å². The summed E-state index contributed by atoms with van der Waals surface area (Å²) in [4.78, 5) is 11.9. The summed E-state index contributed by atoms with van der Waals surface area (Å²) in [5, 5.41) is 6.07. The molecule has 0 bridgehead atoms.